The number of rotatable bonds is 4. The summed E-state index contributed by atoms with van der Waals surface area (Å²) in [7, 11) is 0. The maximum Gasteiger partial charge on any atom is 0.242 e. The van der Waals surface area contributed by atoms with Crippen LogP contribution in [-0.4, -0.2) is 51.9 Å². The zero-order chi connectivity index (χ0) is 35.2. The number of anilines is 4. The monoisotopic (exact) mass is 662 g/mol. The predicted molar refractivity (Wildman–Crippen MR) is 189 cm³/mol. The molecule has 2 aliphatic heterocycles. The summed E-state index contributed by atoms with van der Waals surface area (Å²) in [5, 5.41) is 8.03. The molecule has 248 valence electrons. The number of aromatic nitrogens is 8. The lowest BCUT2D eigenvalue weighted by molar-refractivity contribution is -0.122. The highest BCUT2D eigenvalue weighted by molar-refractivity contribution is 6.13. The van der Waals surface area contributed by atoms with Crippen LogP contribution in [0.25, 0.3) is 22.3 Å². The van der Waals surface area contributed by atoms with Crippen molar-refractivity contribution in [2.24, 2.45) is 0 Å². The topological polar surface area (TPSA) is 144 Å². The number of fused-ring (bicyclic) bond motifs is 2. The van der Waals surface area contributed by atoms with Crippen molar-refractivity contribution >= 4 is 34.8 Å². The molecule has 0 N–H and O–H groups in total. The van der Waals surface area contributed by atoms with Crippen LogP contribution in [0.1, 0.15) is 50.5 Å². The molecule has 0 aliphatic carbocycles. The van der Waals surface area contributed by atoms with Crippen LogP contribution in [0, 0.1) is 13.8 Å². The van der Waals surface area contributed by atoms with Gasteiger partial charge in [0.2, 0.25) is 11.8 Å². The van der Waals surface area contributed by atoms with Gasteiger partial charge in [-0.3, -0.25) is 24.4 Å². The molecule has 2 aliphatic rings. The fourth-order valence-electron chi connectivity index (χ4n) is 6.22. The third kappa shape index (κ3) is 5.54. The molecule has 12 heteroatoms. The lowest BCUT2D eigenvalue weighted by atomic mass is 9.85. The minimum atomic E-state index is -0.616. The Morgan fingerprint density at radius 1 is 0.540 bits per heavy atom. The molecule has 0 fully saturated rings. The van der Waals surface area contributed by atoms with E-state index in [1.54, 1.807) is 71.5 Å². The molecule has 4 aromatic heterocycles. The number of carbonyl (C=O) groups is 2. The predicted octanol–water partition coefficient (Wildman–Crippen LogP) is 6.40. The summed E-state index contributed by atoms with van der Waals surface area (Å²) in [6.45, 7) is 11.4. The van der Waals surface area contributed by atoms with Gasteiger partial charge in [0.15, 0.2) is 11.6 Å². The maximum absolute atomic E-state index is 13.0. The molecule has 6 aromatic rings. The van der Waals surface area contributed by atoms with Crippen molar-refractivity contribution in [3.8, 4) is 22.3 Å². The molecule has 0 unspecified atom stereocenters. The first-order chi connectivity index (χ1) is 24.0. The molecule has 2 amide bonds. The van der Waals surface area contributed by atoms with E-state index in [0.29, 0.717) is 11.6 Å². The van der Waals surface area contributed by atoms with Crippen molar-refractivity contribution in [1.29, 1.82) is 0 Å². The van der Waals surface area contributed by atoms with Crippen LogP contribution < -0.4 is 9.80 Å². The van der Waals surface area contributed by atoms with Crippen LogP contribution in [0.3, 0.4) is 0 Å². The first-order valence-corrected chi connectivity index (χ1v) is 16.1. The highest BCUT2D eigenvalue weighted by atomic mass is 16.2. The van der Waals surface area contributed by atoms with Crippen molar-refractivity contribution in [3.05, 3.63) is 121 Å². The Labute approximate surface area is 289 Å². The van der Waals surface area contributed by atoms with Gasteiger partial charge in [0.25, 0.3) is 0 Å². The highest BCUT2D eigenvalue weighted by Crippen LogP contribution is 2.47. The number of hydrogen-bond donors (Lipinski definition) is 0. The van der Waals surface area contributed by atoms with Crippen LogP contribution in [0.5, 0.6) is 0 Å². The van der Waals surface area contributed by atoms with E-state index in [0.717, 1.165) is 56.4 Å². The zero-order valence-corrected chi connectivity index (χ0v) is 28.5. The smallest absolute Gasteiger partial charge is 0.242 e. The Morgan fingerprint density at radius 2 is 1.04 bits per heavy atom. The Bertz CT molecular complexity index is 2060. The molecule has 0 radical (unpaired) electrons. The average Bonchev–Trinajstić information content (AvgIpc) is 3.46. The second kappa shape index (κ2) is 12.3. The molecule has 0 saturated carbocycles. The van der Waals surface area contributed by atoms with Gasteiger partial charge in [-0.15, -0.1) is 5.10 Å². The van der Waals surface area contributed by atoms with Crippen LogP contribution in [0.2, 0.25) is 0 Å². The van der Waals surface area contributed by atoms with E-state index in [-0.39, 0.29) is 11.8 Å². The quantitative estimate of drug-likeness (QED) is 0.208. The fraction of sp³-hybridized carbons (Fsp3) is 0.211. The van der Waals surface area contributed by atoms with Crippen molar-refractivity contribution < 1.29 is 9.59 Å². The van der Waals surface area contributed by atoms with Crippen molar-refractivity contribution in [3.63, 3.8) is 0 Å². The molecule has 12 nitrogen and oxygen atoms in total. The molecule has 8 rings (SSSR count). The molecule has 0 atom stereocenters. The van der Waals surface area contributed by atoms with E-state index in [9.17, 15) is 9.59 Å². The summed E-state index contributed by atoms with van der Waals surface area (Å²) >= 11 is 0. The maximum atomic E-state index is 13.0. The summed E-state index contributed by atoms with van der Waals surface area (Å²) in [6.07, 6.45) is 13.5. The second-order valence-electron chi connectivity index (χ2n) is 13.2. The lowest BCUT2D eigenvalue weighted by Gasteiger charge is -2.19. The van der Waals surface area contributed by atoms with Gasteiger partial charge < -0.3 is 0 Å². The summed E-state index contributed by atoms with van der Waals surface area (Å²) in [5.74, 6) is 2.47. The van der Waals surface area contributed by atoms with Crippen LogP contribution in [-0.2, 0) is 20.4 Å². The number of carbonyl (C=O) groups excluding carboxylic acids is 2. The van der Waals surface area contributed by atoms with E-state index in [1.807, 2.05) is 77.9 Å². The van der Waals surface area contributed by atoms with E-state index in [2.05, 4.69) is 40.1 Å². The van der Waals surface area contributed by atoms with Gasteiger partial charge in [0, 0.05) is 54.5 Å². The normalized spacial score (nSPS) is 15.3. The molecular weight excluding hydrogens is 628 g/mol. The van der Waals surface area contributed by atoms with Gasteiger partial charge >= 0.3 is 0 Å². The molecule has 6 heterocycles. The Kier molecular flexibility index (Phi) is 7.93. The van der Waals surface area contributed by atoms with E-state index >= 15 is 0 Å². The molecule has 2 aromatic carbocycles. The van der Waals surface area contributed by atoms with Gasteiger partial charge in [0.1, 0.15) is 11.6 Å². The lowest BCUT2D eigenvalue weighted by Crippen LogP contribution is -2.33. The first kappa shape index (κ1) is 32.3. The minimum Gasteiger partial charge on any atom is -0.273 e. The zero-order valence-electron chi connectivity index (χ0n) is 28.5. The highest BCUT2D eigenvalue weighted by Gasteiger charge is 2.46. The molecule has 0 saturated heterocycles. The third-order valence-electron chi connectivity index (χ3n) is 9.09. The van der Waals surface area contributed by atoms with Crippen LogP contribution in [0.15, 0.2) is 98.1 Å². The van der Waals surface area contributed by atoms with Gasteiger partial charge in [-0.2, -0.15) is 5.10 Å². The second-order valence-corrected chi connectivity index (χ2v) is 13.2. The number of amides is 2. The first-order valence-electron chi connectivity index (χ1n) is 16.1. The summed E-state index contributed by atoms with van der Waals surface area (Å²) in [5.41, 5.74) is 6.09. The van der Waals surface area contributed by atoms with Gasteiger partial charge in [-0.05, 0) is 88.1 Å². The van der Waals surface area contributed by atoms with Crippen LogP contribution >= 0.6 is 0 Å². The summed E-state index contributed by atoms with van der Waals surface area (Å²) < 4.78 is 0. The van der Waals surface area contributed by atoms with Crippen molar-refractivity contribution in [2.75, 3.05) is 9.80 Å². The Morgan fingerprint density at radius 3 is 1.48 bits per heavy atom. The largest absolute Gasteiger partial charge is 0.273 e. The molecule has 50 heavy (non-hydrogen) atoms. The standard InChI is InChI=1S/2C19H17N5O/c1-12-22-9-14(10-23-12)13-4-5-15-16(8-13)24(18(25)19(15,2)3)17-11-20-6-7-21-17;1-12-20-10-14(11-21-12)13-6-7-15-16(9-13)24(18(25)19(15,2)3)17-5-4-8-22-23-17/h2*4-11H,1-3H3. The van der Waals surface area contributed by atoms with E-state index in [4.69, 9.17) is 0 Å². The number of benzene rings is 2. The van der Waals surface area contributed by atoms with Crippen molar-refractivity contribution in [2.45, 2.75) is 52.4 Å². The average molecular weight is 663 g/mol. The minimum absolute atomic E-state index is 0.0136. The van der Waals surface area contributed by atoms with Gasteiger partial charge in [-0.25, -0.2) is 24.9 Å². The third-order valence-corrected chi connectivity index (χ3v) is 9.09. The SMILES string of the molecule is Cc1ncc(-c2ccc3c(c2)N(c2cccnn2)C(=O)C3(C)C)cn1.Cc1ncc(-c2ccc3c(c2)N(c2cnccn2)C(=O)C3(C)C)cn1. The Balaban J connectivity index is 0.000000157. The van der Waals surface area contributed by atoms with Crippen molar-refractivity contribution in [1.82, 2.24) is 40.1 Å². The summed E-state index contributed by atoms with van der Waals surface area (Å²) in [6, 6.07) is 15.5. The Hall–Kier alpha value is -6.30. The summed E-state index contributed by atoms with van der Waals surface area (Å²) in [4.78, 5) is 54.7. The molecule has 0 spiro atoms. The van der Waals surface area contributed by atoms with E-state index < -0.39 is 10.8 Å². The number of hydrogen-bond acceptors (Lipinski definition) is 10. The van der Waals surface area contributed by atoms with Crippen LogP contribution in [0.4, 0.5) is 23.0 Å². The number of nitrogens with zero attached hydrogens (tertiary/aromatic N) is 10. The number of aryl methyl sites for hydroxylation is 2. The van der Waals surface area contributed by atoms with Gasteiger partial charge in [0.05, 0.1) is 28.4 Å². The van der Waals surface area contributed by atoms with Gasteiger partial charge in [-0.1, -0.05) is 24.3 Å². The molecular formula is C38H34N10O2. The molecule has 0 bridgehead atoms. The fourth-order valence-corrected chi connectivity index (χ4v) is 6.22. The van der Waals surface area contributed by atoms with E-state index in [1.165, 1.54) is 0 Å².